The molecule has 4 atom stereocenters. The van der Waals surface area contributed by atoms with Gasteiger partial charge in [0.1, 0.15) is 7.85 Å². The van der Waals surface area contributed by atoms with E-state index in [1.165, 1.54) is 38.5 Å². The summed E-state index contributed by atoms with van der Waals surface area (Å²) in [5, 5.41) is 0. The Balaban J connectivity index is 2.53. The molecule has 1 rings (SSSR count). The van der Waals surface area contributed by atoms with Gasteiger partial charge in [0.15, 0.2) is 0 Å². The van der Waals surface area contributed by atoms with Crippen LogP contribution in [0.15, 0.2) is 0 Å². The van der Waals surface area contributed by atoms with Gasteiger partial charge in [-0.05, 0) is 17.8 Å². The summed E-state index contributed by atoms with van der Waals surface area (Å²) >= 11 is 0. The summed E-state index contributed by atoms with van der Waals surface area (Å²) in [7, 11) is 2.48. The minimum atomic E-state index is 0.997. The Hall–Kier alpha value is 0.0649. The maximum atomic E-state index is 2.48. The molecule has 0 heterocycles. The minimum absolute atomic E-state index is 0.997. The fourth-order valence-electron chi connectivity index (χ4n) is 3.64. The first-order valence-electron chi connectivity index (χ1n) is 6.74. The monoisotopic (exact) mass is 194 g/mol. The summed E-state index contributed by atoms with van der Waals surface area (Å²) in [5.74, 6) is 4.12. The highest BCUT2D eigenvalue weighted by molar-refractivity contribution is 6.12. The molecule has 0 saturated heterocycles. The first-order chi connectivity index (χ1) is 6.74. The molecule has 0 amide bonds. The Kier molecular flexibility index (Phi) is 5.05. The van der Waals surface area contributed by atoms with Crippen LogP contribution in [-0.4, -0.2) is 7.85 Å². The minimum Gasteiger partial charge on any atom is -0.0664 e. The molecule has 0 aliphatic heterocycles. The van der Waals surface area contributed by atoms with Gasteiger partial charge < -0.3 is 0 Å². The molecule has 14 heavy (non-hydrogen) atoms. The van der Waals surface area contributed by atoms with E-state index in [9.17, 15) is 0 Å². The molecule has 0 bridgehead atoms. The van der Waals surface area contributed by atoms with Crippen molar-refractivity contribution in [1.82, 2.24) is 0 Å². The van der Waals surface area contributed by atoms with Gasteiger partial charge in [-0.1, -0.05) is 65.1 Å². The van der Waals surface area contributed by atoms with Crippen molar-refractivity contribution in [2.24, 2.45) is 17.8 Å². The van der Waals surface area contributed by atoms with E-state index in [1.807, 2.05) is 0 Å². The lowest BCUT2D eigenvalue weighted by molar-refractivity contribution is 0.279. The van der Waals surface area contributed by atoms with Crippen molar-refractivity contribution in [2.75, 3.05) is 0 Å². The zero-order chi connectivity index (χ0) is 10.6. The van der Waals surface area contributed by atoms with Crippen molar-refractivity contribution in [1.29, 1.82) is 0 Å². The lowest BCUT2D eigenvalue weighted by atomic mass is 9.73. The Morgan fingerprint density at radius 1 is 1.07 bits per heavy atom. The Labute approximate surface area is 91.3 Å². The standard InChI is InChI=1S/C13H27B/c1-4-7-8-12-11(6-3)10(5-2)9-13(12)14/h10-13H,4-9,14H2,1-3H3. The van der Waals surface area contributed by atoms with Crippen LogP contribution in [0.1, 0.15) is 59.3 Å². The van der Waals surface area contributed by atoms with Crippen LogP contribution in [0.5, 0.6) is 0 Å². The average molecular weight is 194 g/mol. The molecule has 0 spiro atoms. The van der Waals surface area contributed by atoms with Crippen molar-refractivity contribution in [3.8, 4) is 0 Å². The smallest absolute Gasteiger partial charge is 0.0664 e. The Morgan fingerprint density at radius 2 is 1.79 bits per heavy atom. The second-order valence-corrected chi connectivity index (χ2v) is 5.26. The van der Waals surface area contributed by atoms with Gasteiger partial charge in [-0.15, -0.1) is 0 Å². The van der Waals surface area contributed by atoms with Crippen LogP contribution in [0.2, 0.25) is 5.82 Å². The van der Waals surface area contributed by atoms with Crippen molar-refractivity contribution < 1.29 is 0 Å². The molecule has 4 unspecified atom stereocenters. The van der Waals surface area contributed by atoms with Crippen molar-refractivity contribution in [2.45, 2.75) is 65.1 Å². The van der Waals surface area contributed by atoms with E-state index in [0.29, 0.717) is 0 Å². The second kappa shape index (κ2) is 5.83. The fraction of sp³-hybridized carbons (Fsp3) is 1.00. The highest BCUT2D eigenvalue weighted by Crippen LogP contribution is 2.48. The van der Waals surface area contributed by atoms with Gasteiger partial charge in [0.2, 0.25) is 0 Å². The van der Waals surface area contributed by atoms with Crippen LogP contribution in [0.3, 0.4) is 0 Å². The van der Waals surface area contributed by atoms with Crippen LogP contribution in [-0.2, 0) is 0 Å². The van der Waals surface area contributed by atoms with Gasteiger partial charge >= 0.3 is 0 Å². The molecule has 0 N–H and O–H groups in total. The molecule has 0 aromatic heterocycles. The van der Waals surface area contributed by atoms with Gasteiger partial charge in [-0.25, -0.2) is 0 Å². The molecule has 0 nitrogen and oxygen atoms in total. The average Bonchev–Trinajstić information content (AvgIpc) is 2.51. The predicted octanol–water partition coefficient (Wildman–Crippen LogP) is 3.67. The van der Waals surface area contributed by atoms with Crippen LogP contribution < -0.4 is 0 Å². The van der Waals surface area contributed by atoms with Crippen LogP contribution in [0, 0.1) is 17.8 Å². The fourth-order valence-corrected chi connectivity index (χ4v) is 3.64. The van der Waals surface area contributed by atoms with Gasteiger partial charge in [0.05, 0.1) is 0 Å². The van der Waals surface area contributed by atoms with Crippen molar-refractivity contribution in [3.05, 3.63) is 0 Å². The van der Waals surface area contributed by atoms with E-state index in [2.05, 4.69) is 28.6 Å². The number of hydrogen-bond donors (Lipinski definition) is 0. The maximum absolute atomic E-state index is 2.48. The largest absolute Gasteiger partial charge is 0.105 e. The van der Waals surface area contributed by atoms with Gasteiger partial charge in [-0.3, -0.25) is 0 Å². The van der Waals surface area contributed by atoms with E-state index < -0.39 is 0 Å². The molecule has 1 saturated carbocycles. The van der Waals surface area contributed by atoms with Gasteiger partial charge in [0, 0.05) is 0 Å². The molecule has 0 aromatic rings. The summed E-state index contributed by atoms with van der Waals surface area (Å²) in [4.78, 5) is 0. The molecular formula is C13H27B. The summed E-state index contributed by atoms with van der Waals surface area (Å²) in [6, 6.07) is 0. The molecular weight excluding hydrogens is 167 g/mol. The highest BCUT2D eigenvalue weighted by atomic mass is 14.4. The lowest BCUT2D eigenvalue weighted by Crippen LogP contribution is -2.15. The lowest BCUT2D eigenvalue weighted by Gasteiger charge is -2.24. The quantitative estimate of drug-likeness (QED) is 0.586. The molecule has 82 valence electrons. The zero-order valence-electron chi connectivity index (χ0n) is 10.6. The van der Waals surface area contributed by atoms with Crippen LogP contribution >= 0.6 is 0 Å². The third kappa shape index (κ3) is 2.55. The second-order valence-electron chi connectivity index (χ2n) is 5.26. The predicted molar refractivity (Wildman–Crippen MR) is 67.5 cm³/mol. The van der Waals surface area contributed by atoms with Gasteiger partial charge in [0.25, 0.3) is 0 Å². The third-order valence-corrected chi connectivity index (χ3v) is 4.45. The van der Waals surface area contributed by atoms with E-state index in [1.54, 1.807) is 0 Å². The topological polar surface area (TPSA) is 0 Å². The molecule has 1 aliphatic rings. The van der Waals surface area contributed by atoms with E-state index >= 15 is 0 Å². The summed E-state index contributed by atoms with van der Waals surface area (Å²) in [6.45, 7) is 7.09. The summed E-state index contributed by atoms with van der Waals surface area (Å²) in [5.41, 5.74) is 0. The molecule has 1 aliphatic carbocycles. The molecule has 1 fully saturated rings. The van der Waals surface area contributed by atoms with Crippen LogP contribution in [0.4, 0.5) is 0 Å². The first-order valence-corrected chi connectivity index (χ1v) is 6.74. The van der Waals surface area contributed by atoms with Gasteiger partial charge in [-0.2, -0.15) is 0 Å². The molecule has 0 radical (unpaired) electrons. The number of unbranched alkanes of at least 4 members (excludes halogenated alkanes) is 1. The van der Waals surface area contributed by atoms with Crippen molar-refractivity contribution in [3.63, 3.8) is 0 Å². The SMILES string of the molecule is BC1CC(CC)C(CC)C1CCCC. The zero-order valence-corrected chi connectivity index (χ0v) is 10.6. The summed E-state index contributed by atoms with van der Waals surface area (Å²) in [6.07, 6.45) is 8.64. The van der Waals surface area contributed by atoms with Crippen molar-refractivity contribution >= 4 is 7.85 Å². The number of hydrogen-bond acceptors (Lipinski definition) is 0. The van der Waals surface area contributed by atoms with E-state index in [4.69, 9.17) is 0 Å². The third-order valence-electron chi connectivity index (χ3n) is 4.45. The van der Waals surface area contributed by atoms with E-state index in [0.717, 1.165) is 23.6 Å². The summed E-state index contributed by atoms with van der Waals surface area (Å²) < 4.78 is 0. The van der Waals surface area contributed by atoms with Crippen LogP contribution in [0.25, 0.3) is 0 Å². The Bertz CT molecular complexity index is 155. The Morgan fingerprint density at radius 3 is 2.29 bits per heavy atom. The highest BCUT2D eigenvalue weighted by Gasteiger charge is 2.37. The first kappa shape index (κ1) is 12.1. The molecule has 0 aromatic carbocycles. The maximum Gasteiger partial charge on any atom is 0.105 e. The normalized spacial score (nSPS) is 37.6. The van der Waals surface area contributed by atoms with E-state index in [-0.39, 0.29) is 0 Å². The molecule has 1 heteroatoms. The number of rotatable bonds is 5.